The minimum Gasteiger partial charge on any atom is -0.456 e. The maximum Gasteiger partial charge on any atom is 0.416 e. The Morgan fingerprint density at radius 2 is 2.00 bits per heavy atom. The average molecular weight is 261 g/mol. The second-order valence-electron chi connectivity index (χ2n) is 3.41. The third kappa shape index (κ3) is 4.44. The first kappa shape index (κ1) is 14.0. The van der Waals surface area contributed by atoms with Crippen LogP contribution in [0.15, 0.2) is 24.3 Å². The fourth-order valence-electron chi connectivity index (χ4n) is 1.14. The van der Waals surface area contributed by atoms with Crippen LogP contribution < -0.4 is 5.32 Å². The summed E-state index contributed by atoms with van der Waals surface area (Å²) < 4.78 is 41.5. The highest BCUT2D eigenvalue weighted by molar-refractivity contribution is 5.92. The number of carbonyl (C=O) groups excluding carboxylic acids is 2. The molecule has 1 rings (SSSR count). The van der Waals surface area contributed by atoms with E-state index in [1.165, 1.54) is 12.1 Å². The predicted octanol–water partition coefficient (Wildman–Crippen LogP) is 2.21. The predicted molar refractivity (Wildman–Crippen MR) is 56.7 cm³/mol. The van der Waals surface area contributed by atoms with Crippen molar-refractivity contribution in [2.75, 3.05) is 11.9 Å². The normalized spacial score (nSPS) is 10.9. The van der Waals surface area contributed by atoms with Gasteiger partial charge in [-0.1, -0.05) is 6.07 Å². The molecule has 1 aromatic carbocycles. The van der Waals surface area contributed by atoms with Crippen LogP contribution in [0, 0.1) is 0 Å². The van der Waals surface area contributed by atoms with E-state index in [-0.39, 0.29) is 5.69 Å². The van der Waals surface area contributed by atoms with Gasteiger partial charge in [-0.25, -0.2) is 0 Å². The van der Waals surface area contributed by atoms with Gasteiger partial charge >= 0.3 is 12.1 Å². The average Bonchev–Trinajstić information content (AvgIpc) is 2.25. The molecule has 0 aliphatic rings. The Bertz CT molecular complexity index is 457. The van der Waals surface area contributed by atoms with Crippen LogP contribution in [0.2, 0.25) is 0 Å². The SMILES string of the molecule is CC(=O)OCC(=O)Nc1cccc(C(F)(F)F)c1. The zero-order valence-electron chi connectivity index (χ0n) is 9.38. The zero-order chi connectivity index (χ0) is 13.8. The lowest BCUT2D eigenvalue weighted by Crippen LogP contribution is -2.20. The number of alkyl halides is 3. The van der Waals surface area contributed by atoms with E-state index in [1.54, 1.807) is 0 Å². The van der Waals surface area contributed by atoms with Gasteiger partial charge in [-0.2, -0.15) is 13.2 Å². The first-order valence-electron chi connectivity index (χ1n) is 4.89. The van der Waals surface area contributed by atoms with E-state index >= 15 is 0 Å². The van der Waals surface area contributed by atoms with Crippen molar-refractivity contribution in [2.24, 2.45) is 0 Å². The van der Waals surface area contributed by atoms with Gasteiger partial charge in [0.25, 0.3) is 5.91 Å². The van der Waals surface area contributed by atoms with E-state index in [0.29, 0.717) is 0 Å². The maximum atomic E-state index is 12.4. The third-order valence-electron chi connectivity index (χ3n) is 1.88. The van der Waals surface area contributed by atoms with Crippen LogP contribution in [0.5, 0.6) is 0 Å². The molecule has 1 N–H and O–H groups in total. The summed E-state index contributed by atoms with van der Waals surface area (Å²) >= 11 is 0. The first-order chi connectivity index (χ1) is 8.29. The Morgan fingerprint density at radius 3 is 2.56 bits per heavy atom. The Balaban J connectivity index is 2.68. The molecule has 0 unspecified atom stereocenters. The molecular formula is C11H10F3NO3. The molecule has 0 bridgehead atoms. The number of hydrogen-bond acceptors (Lipinski definition) is 3. The highest BCUT2D eigenvalue weighted by atomic mass is 19.4. The minimum absolute atomic E-state index is 0.0121. The van der Waals surface area contributed by atoms with Crippen molar-refractivity contribution in [2.45, 2.75) is 13.1 Å². The molecule has 98 valence electrons. The number of hydrogen-bond donors (Lipinski definition) is 1. The van der Waals surface area contributed by atoms with Crippen molar-refractivity contribution in [3.63, 3.8) is 0 Å². The van der Waals surface area contributed by atoms with Crippen LogP contribution in [0.3, 0.4) is 0 Å². The van der Waals surface area contributed by atoms with Gasteiger partial charge in [0.2, 0.25) is 0 Å². The number of anilines is 1. The van der Waals surface area contributed by atoms with E-state index < -0.39 is 30.2 Å². The molecule has 0 aromatic heterocycles. The second-order valence-corrected chi connectivity index (χ2v) is 3.41. The molecule has 0 fully saturated rings. The van der Waals surface area contributed by atoms with Crippen LogP contribution >= 0.6 is 0 Å². The Kier molecular flexibility index (Phi) is 4.30. The molecule has 0 aliphatic heterocycles. The van der Waals surface area contributed by atoms with Crippen LogP contribution in [0.1, 0.15) is 12.5 Å². The summed E-state index contributed by atoms with van der Waals surface area (Å²) in [5.41, 5.74) is -0.880. The monoisotopic (exact) mass is 261 g/mol. The Labute approximate surface area is 101 Å². The van der Waals surface area contributed by atoms with E-state index in [4.69, 9.17) is 0 Å². The van der Waals surface area contributed by atoms with Crippen molar-refractivity contribution in [3.05, 3.63) is 29.8 Å². The largest absolute Gasteiger partial charge is 0.456 e. The molecule has 0 heterocycles. The topological polar surface area (TPSA) is 55.4 Å². The summed E-state index contributed by atoms with van der Waals surface area (Å²) in [5, 5.41) is 2.19. The van der Waals surface area contributed by atoms with E-state index in [9.17, 15) is 22.8 Å². The van der Waals surface area contributed by atoms with Crippen LogP contribution in [0.25, 0.3) is 0 Å². The Morgan fingerprint density at radius 1 is 1.33 bits per heavy atom. The van der Waals surface area contributed by atoms with E-state index in [2.05, 4.69) is 10.1 Å². The molecule has 0 saturated heterocycles. The molecule has 0 radical (unpaired) electrons. The first-order valence-corrected chi connectivity index (χ1v) is 4.89. The summed E-state index contributed by atoms with van der Waals surface area (Å²) in [6.45, 7) is 0.586. The summed E-state index contributed by atoms with van der Waals surface area (Å²) in [6.07, 6.45) is -4.48. The van der Waals surface area contributed by atoms with Gasteiger partial charge in [-0.05, 0) is 18.2 Å². The molecule has 1 aromatic rings. The number of rotatable bonds is 3. The molecule has 0 spiro atoms. The van der Waals surface area contributed by atoms with Gasteiger partial charge in [0, 0.05) is 12.6 Å². The number of carbonyl (C=O) groups is 2. The van der Waals surface area contributed by atoms with E-state index in [0.717, 1.165) is 19.1 Å². The van der Waals surface area contributed by atoms with Crippen LogP contribution in [-0.4, -0.2) is 18.5 Å². The van der Waals surface area contributed by atoms with Gasteiger partial charge < -0.3 is 10.1 Å². The number of nitrogens with one attached hydrogen (secondary N) is 1. The maximum absolute atomic E-state index is 12.4. The van der Waals surface area contributed by atoms with Crippen molar-refractivity contribution in [1.29, 1.82) is 0 Å². The number of benzene rings is 1. The molecule has 1 amide bonds. The Hall–Kier alpha value is -2.05. The minimum atomic E-state index is -4.48. The summed E-state index contributed by atoms with van der Waals surface area (Å²) in [6, 6.07) is 4.17. The van der Waals surface area contributed by atoms with Crippen molar-refractivity contribution in [3.8, 4) is 0 Å². The van der Waals surface area contributed by atoms with Gasteiger partial charge in [-0.15, -0.1) is 0 Å². The highest BCUT2D eigenvalue weighted by Crippen LogP contribution is 2.30. The summed E-state index contributed by atoms with van der Waals surface area (Å²) in [7, 11) is 0. The standard InChI is InChI=1S/C11H10F3NO3/c1-7(16)18-6-10(17)15-9-4-2-3-8(5-9)11(12,13)14/h2-5H,6H2,1H3,(H,15,17). The zero-order valence-corrected chi connectivity index (χ0v) is 9.38. The second kappa shape index (κ2) is 5.52. The lowest BCUT2D eigenvalue weighted by atomic mass is 10.2. The van der Waals surface area contributed by atoms with Gasteiger partial charge in [0.1, 0.15) is 0 Å². The summed E-state index contributed by atoms with van der Waals surface area (Å²) in [5.74, 6) is -1.35. The van der Waals surface area contributed by atoms with Gasteiger partial charge in [0.15, 0.2) is 6.61 Å². The van der Waals surface area contributed by atoms with Crippen molar-refractivity contribution >= 4 is 17.6 Å². The molecular weight excluding hydrogens is 251 g/mol. The third-order valence-corrected chi connectivity index (χ3v) is 1.88. The van der Waals surface area contributed by atoms with Crippen LogP contribution in [0.4, 0.5) is 18.9 Å². The highest BCUT2D eigenvalue weighted by Gasteiger charge is 2.30. The number of halogens is 3. The van der Waals surface area contributed by atoms with Gasteiger partial charge in [0.05, 0.1) is 5.56 Å². The molecule has 0 atom stereocenters. The van der Waals surface area contributed by atoms with Gasteiger partial charge in [-0.3, -0.25) is 9.59 Å². The quantitative estimate of drug-likeness (QED) is 0.849. The van der Waals surface area contributed by atoms with E-state index in [1.807, 2.05) is 0 Å². The number of ether oxygens (including phenoxy) is 1. The van der Waals surface area contributed by atoms with Crippen molar-refractivity contribution < 1.29 is 27.5 Å². The number of amides is 1. The molecule has 0 aliphatic carbocycles. The lowest BCUT2D eigenvalue weighted by Gasteiger charge is -2.09. The molecule has 4 nitrogen and oxygen atoms in total. The smallest absolute Gasteiger partial charge is 0.416 e. The van der Waals surface area contributed by atoms with Crippen LogP contribution in [-0.2, 0) is 20.5 Å². The molecule has 18 heavy (non-hydrogen) atoms. The fraction of sp³-hybridized carbons (Fsp3) is 0.273. The van der Waals surface area contributed by atoms with Crippen molar-refractivity contribution in [1.82, 2.24) is 0 Å². The lowest BCUT2D eigenvalue weighted by molar-refractivity contribution is -0.144. The fourth-order valence-corrected chi connectivity index (χ4v) is 1.14. The molecule has 7 heteroatoms. The molecule has 0 saturated carbocycles. The number of esters is 1. The summed E-state index contributed by atoms with van der Waals surface area (Å²) in [4.78, 5) is 21.6.